The Hall–Kier alpha value is -0.320. The standard InChI is InChI=1S/C14H24N2O2.ClH/c17-14(4-1-11-6-8-18-10-11)16-12-2-3-13(16)9-15-7-5-12;/h11-13,15H,1-10H2;1H. The number of carbonyl (C=O) groups excluding carboxylic acids is 1. The van der Waals surface area contributed by atoms with Gasteiger partial charge >= 0.3 is 0 Å². The number of nitrogens with zero attached hydrogens (tertiary/aromatic N) is 1. The van der Waals surface area contributed by atoms with Crippen LogP contribution >= 0.6 is 12.4 Å². The first-order chi connectivity index (χ1) is 8.84. The van der Waals surface area contributed by atoms with Crippen LogP contribution in [0.4, 0.5) is 0 Å². The van der Waals surface area contributed by atoms with E-state index in [9.17, 15) is 4.79 Å². The summed E-state index contributed by atoms with van der Waals surface area (Å²) < 4.78 is 5.37. The van der Waals surface area contributed by atoms with Crippen molar-refractivity contribution < 1.29 is 9.53 Å². The van der Waals surface area contributed by atoms with E-state index < -0.39 is 0 Å². The van der Waals surface area contributed by atoms with Crippen LogP contribution in [0.25, 0.3) is 0 Å². The number of carbonyl (C=O) groups is 1. The lowest BCUT2D eigenvalue weighted by Crippen LogP contribution is -2.42. The van der Waals surface area contributed by atoms with Crippen LogP contribution in [0.2, 0.25) is 0 Å². The molecule has 3 saturated heterocycles. The zero-order valence-corrected chi connectivity index (χ0v) is 12.3. The number of halogens is 1. The second-order valence-corrected chi connectivity index (χ2v) is 5.95. The zero-order valence-electron chi connectivity index (χ0n) is 11.5. The molecular formula is C14H25ClN2O2. The fourth-order valence-corrected chi connectivity index (χ4v) is 3.66. The molecule has 3 unspecified atom stereocenters. The van der Waals surface area contributed by atoms with E-state index in [2.05, 4.69) is 10.2 Å². The Morgan fingerprint density at radius 3 is 2.84 bits per heavy atom. The SMILES string of the molecule is Cl.O=C(CCC1CCOC1)N1C2CCNCC1CC2. The maximum atomic E-state index is 12.4. The van der Waals surface area contributed by atoms with Gasteiger partial charge in [0.2, 0.25) is 5.91 Å². The van der Waals surface area contributed by atoms with Crippen molar-refractivity contribution in [3.05, 3.63) is 0 Å². The summed E-state index contributed by atoms with van der Waals surface area (Å²) in [7, 11) is 0. The van der Waals surface area contributed by atoms with Gasteiger partial charge < -0.3 is 15.0 Å². The monoisotopic (exact) mass is 288 g/mol. The van der Waals surface area contributed by atoms with Gasteiger partial charge in [-0.15, -0.1) is 12.4 Å². The summed E-state index contributed by atoms with van der Waals surface area (Å²) >= 11 is 0. The molecule has 4 nitrogen and oxygen atoms in total. The van der Waals surface area contributed by atoms with Crippen molar-refractivity contribution in [2.45, 2.75) is 50.6 Å². The van der Waals surface area contributed by atoms with E-state index in [0.29, 0.717) is 23.9 Å². The minimum Gasteiger partial charge on any atom is -0.381 e. The first-order valence-electron chi connectivity index (χ1n) is 7.44. The molecule has 3 rings (SSSR count). The molecule has 5 heteroatoms. The van der Waals surface area contributed by atoms with Crippen LogP contribution < -0.4 is 5.32 Å². The summed E-state index contributed by atoms with van der Waals surface area (Å²) in [5.41, 5.74) is 0. The molecule has 0 aromatic rings. The number of rotatable bonds is 3. The van der Waals surface area contributed by atoms with Gasteiger partial charge in [-0.1, -0.05) is 0 Å². The summed E-state index contributed by atoms with van der Waals surface area (Å²) in [5.74, 6) is 1.01. The lowest BCUT2D eigenvalue weighted by molar-refractivity contribution is -0.134. The van der Waals surface area contributed by atoms with Crippen LogP contribution in [-0.2, 0) is 9.53 Å². The van der Waals surface area contributed by atoms with Crippen molar-refractivity contribution in [2.24, 2.45) is 5.92 Å². The largest absolute Gasteiger partial charge is 0.381 e. The van der Waals surface area contributed by atoms with Gasteiger partial charge in [0.15, 0.2) is 0 Å². The highest BCUT2D eigenvalue weighted by molar-refractivity contribution is 5.85. The second-order valence-electron chi connectivity index (χ2n) is 5.95. The van der Waals surface area contributed by atoms with Crippen LogP contribution in [0.15, 0.2) is 0 Å². The van der Waals surface area contributed by atoms with Crippen LogP contribution in [-0.4, -0.2) is 49.2 Å². The highest BCUT2D eigenvalue weighted by Crippen LogP contribution is 2.29. The Morgan fingerprint density at radius 2 is 2.05 bits per heavy atom. The lowest BCUT2D eigenvalue weighted by Gasteiger charge is -2.28. The van der Waals surface area contributed by atoms with Crippen molar-refractivity contribution >= 4 is 18.3 Å². The zero-order chi connectivity index (χ0) is 12.4. The molecule has 0 spiro atoms. The molecule has 0 aliphatic carbocycles. The van der Waals surface area contributed by atoms with Crippen LogP contribution in [0.3, 0.4) is 0 Å². The Balaban J connectivity index is 0.00000133. The first-order valence-corrected chi connectivity index (χ1v) is 7.44. The van der Waals surface area contributed by atoms with E-state index in [1.54, 1.807) is 0 Å². The molecule has 19 heavy (non-hydrogen) atoms. The van der Waals surface area contributed by atoms with Gasteiger partial charge in [-0.25, -0.2) is 0 Å². The van der Waals surface area contributed by atoms with Gasteiger partial charge in [0.1, 0.15) is 0 Å². The molecule has 0 aromatic heterocycles. The third-order valence-electron chi connectivity index (χ3n) is 4.73. The van der Waals surface area contributed by atoms with Gasteiger partial charge in [0.25, 0.3) is 0 Å². The third kappa shape index (κ3) is 3.41. The van der Waals surface area contributed by atoms with Gasteiger partial charge in [-0.3, -0.25) is 4.79 Å². The van der Waals surface area contributed by atoms with Gasteiger partial charge in [0, 0.05) is 38.3 Å². The van der Waals surface area contributed by atoms with Gasteiger partial charge in [-0.2, -0.15) is 0 Å². The van der Waals surface area contributed by atoms with Crippen molar-refractivity contribution in [1.82, 2.24) is 10.2 Å². The molecule has 3 atom stereocenters. The number of amides is 1. The summed E-state index contributed by atoms with van der Waals surface area (Å²) in [6, 6.07) is 0.974. The number of fused-ring (bicyclic) bond motifs is 2. The predicted molar refractivity (Wildman–Crippen MR) is 76.6 cm³/mol. The van der Waals surface area contributed by atoms with Gasteiger partial charge in [0.05, 0.1) is 0 Å². The summed E-state index contributed by atoms with van der Waals surface area (Å²) in [6.07, 6.45) is 6.42. The highest BCUT2D eigenvalue weighted by Gasteiger charge is 2.37. The average molecular weight is 289 g/mol. The predicted octanol–water partition coefficient (Wildman–Crippen LogP) is 1.58. The van der Waals surface area contributed by atoms with Crippen LogP contribution in [0.5, 0.6) is 0 Å². The molecule has 0 radical (unpaired) electrons. The molecule has 110 valence electrons. The number of hydrogen-bond donors (Lipinski definition) is 1. The Kier molecular flexibility index (Phi) is 5.48. The van der Waals surface area contributed by atoms with E-state index in [1.165, 1.54) is 12.8 Å². The second kappa shape index (κ2) is 6.91. The normalized spacial score (nSPS) is 33.9. The molecule has 2 bridgehead atoms. The fourth-order valence-electron chi connectivity index (χ4n) is 3.66. The smallest absolute Gasteiger partial charge is 0.223 e. The average Bonchev–Trinajstić information content (AvgIpc) is 2.93. The number of hydrogen-bond acceptors (Lipinski definition) is 3. The van der Waals surface area contributed by atoms with Crippen molar-refractivity contribution in [2.75, 3.05) is 26.3 Å². The topological polar surface area (TPSA) is 41.6 Å². The molecule has 3 heterocycles. The molecule has 3 fully saturated rings. The maximum absolute atomic E-state index is 12.4. The maximum Gasteiger partial charge on any atom is 0.223 e. The quantitative estimate of drug-likeness (QED) is 0.857. The van der Waals surface area contributed by atoms with E-state index in [4.69, 9.17) is 4.74 Å². The summed E-state index contributed by atoms with van der Waals surface area (Å²) in [6.45, 7) is 3.82. The van der Waals surface area contributed by atoms with Crippen molar-refractivity contribution in [3.8, 4) is 0 Å². The van der Waals surface area contributed by atoms with E-state index in [-0.39, 0.29) is 12.4 Å². The third-order valence-corrected chi connectivity index (χ3v) is 4.73. The first kappa shape index (κ1) is 15.1. The minimum absolute atomic E-state index is 0. The molecular weight excluding hydrogens is 264 g/mol. The molecule has 0 saturated carbocycles. The van der Waals surface area contributed by atoms with Crippen LogP contribution in [0.1, 0.15) is 38.5 Å². The molecule has 1 amide bonds. The lowest BCUT2D eigenvalue weighted by atomic mass is 10.0. The Labute approximate surface area is 121 Å². The molecule has 0 aromatic carbocycles. The van der Waals surface area contributed by atoms with Crippen molar-refractivity contribution in [1.29, 1.82) is 0 Å². The molecule has 1 N–H and O–H groups in total. The van der Waals surface area contributed by atoms with E-state index in [1.807, 2.05) is 0 Å². The fraction of sp³-hybridized carbons (Fsp3) is 0.929. The van der Waals surface area contributed by atoms with E-state index in [0.717, 1.165) is 52.0 Å². The summed E-state index contributed by atoms with van der Waals surface area (Å²) in [5, 5.41) is 3.45. The molecule has 3 aliphatic rings. The van der Waals surface area contributed by atoms with Crippen LogP contribution in [0, 0.1) is 5.92 Å². The highest BCUT2D eigenvalue weighted by atomic mass is 35.5. The van der Waals surface area contributed by atoms with Crippen molar-refractivity contribution in [3.63, 3.8) is 0 Å². The van der Waals surface area contributed by atoms with Gasteiger partial charge in [-0.05, 0) is 44.6 Å². The Morgan fingerprint density at radius 1 is 1.21 bits per heavy atom. The Bertz CT molecular complexity index is 294. The summed E-state index contributed by atoms with van der Waals surface area (Å²) in [4.78, 5) is 14.6. The number of nitrogens with one attached hydrogen (secondary N) is 1. The molecule has 3 aliphatic heterocycles. The minimum atomic E-state index is 0. The number of ether oxygens (including phenoxy) is 1. The van der Waals surface area contributed by atoms with E-state index >= 15 is 0 Å².